The molecule has 98 valence electrons. The highest BCUT2D eigenvalue weighted by molar-refractivity contribution is 7.37. The van der Waals surface area contributed by atoms with Gasteiger partial charge in [-0.15, -0.1) is 8.58 Å². The van der Waals surface area contributed by atoms with Crippen LogP contribution in [0.15, 0.2) is 0 Å². The van der Waals surface area contributed by atoms with Gasteiger partial charge in [-0.05, 0) is 25.2 Å². The van der Waals surface area contributed by atoms with Crippen molar-refractivity contribution in [1.82, 2.24) is 0 Å². The van der Waals surface area contributed by atoms with Crippen LogP contribution in [0.4, 0.5) is 0 Å². The lowest BCUT2D eigenvalue weighted by molar-refractivity contribution is 0.573. The van der Waals surface area contributed by atoms with E-state index < -0.39 is 0 Å². The Labute approximate surface area is 106 Å². The molecule has 0 aliphatic heterocycles. The van der Waals surface area contributed by atoms with Crippen molar-refractivity contribution in [3.05, 3.63) is 0 Å². The Hall–Kier alpha value is 0.430. The van der Waals surface area contributed by atoms with Crippen LogP contribution in [-0.2, 0) is 0 Å². The lowest BCUT2D eigenvalue weighted by atomic mass is 10.1. The van der Waals surface area contributed by atoms with E-state index in [-0.39, 0.29) is 0 Å². The quantitative estimate of drug-likeness (QED) is 0.275. The summed E-state index contributed by atoms with van der Waals surface area (Å²) in [7, 11) is 1.25. The first-order chi connectivity index (χ1) is 7.91. The molecule has 0 aromatic heterocycles. The van der Waals surface area contributed by atoms with Crippen LogP contribution in [0.3, 0.4) is 0 Å². The van der Waals surface area contributed by atoms with Crippen LogP contribution in [0.25, 0.3) is 0 Å². The van der Waals surface area contributed by atoms with Gasteiger partial charge >= 0.3 is 0 Å². The van der Waals surface area contributed by atoms with E-state index in [0.717, 1.165) is 0 Å². The first-order valence-corrected chi connectivity index (χ1v) is 9.04. The third kappa shape index (κ3) is 14.4. The highest BCUT2D eigenvalue weighted by Gasteiger charge is 1.92. The van der Waals surface area contributed by atoms with Gasteiger partial charge < -0.3 is 0 Å². The minimum absolute atomic E-state index is 1.25. The molecule has 0 aromatic carbocycles. The normalized spacial score (nSPS) is 11.6. The molecule has 0 aliphatic rings. The molecule has 0 nitrogen and oxygen atoms in total. The van der Waals surface area contributed by atoms with E-state index in [9.17, 15) is 0 Å². The molecule has 0 saturated heterocycles. The second-order valence-corrected chi connectivity index (χ2v) is 6.43. The van der Waals surface area contributed by atoms with Crippen molar-refractivity contribution in [3.63, 3.8) is 0 Å². The monoisotopic (exact) mass is 244 g/mol. The fourth-order valence-electron chi connectivity index (χ4n) is 1.99. The Bertz CT molecular complexity index is 98.0. The van der Waals surface area contributed by atoms with Gasteiger partial charge in [-0.3, -0.25) is 0 Å². The molecule has 0 bridgehead atoms. The average Bonchev–Trinajstić information content (AvgIpc) is 2.31. The van der Waals surface area contributed by atoms with Gasteiger partial charge in [0.15, 0.2) is 0 Å². The second kappa shape index (κ2) is 15.4. The fraction of sp³-hybridized carbons (Fsp3) is 1.00. The van der Waals surface area contributed by atoms with Gasteiger partial charge in [0.1, 0.15) is 0 Å². The van der Waals surface area contributed by atoms with Crippen LogP contribution >= 0.6 is 8.58 Å². The molecule has 0 N–H and O–H groups in total. The van der Waals surface area contributed by atoms with E-state index >= 15 is 0 Å². The standard InChI is InChI=1S/C15H33P/c1-3-5-7-8-9-10-11-12-13-15-16-14-6-4-2/h16H,3-15H2,1-2H3. The largest absolute Gasteiger partial charge is 0.122 e. The molecule has 1 heteroatoms. The molecule has 0 aliphatic carbocycles. The van der Waals surface area contributed by atoms with Crippen molar-refractivity contribution in [1.29, 1.82) is 0 Å². The minimum Gasteiger partial charge on any atom is -0.122 e. The Morgan fingerprint density at radius 2 is 0.938 bits per heavy atom. The summed E-state index contributed by atoms with van der Waals surface area (Å²) in [6.45, 7) is 4.59. The molecule has 0 amide bonds. The number of unbranched alkanes of at least 4 members (excludes halogenated alkanes) is 9. The Balaban J connectivity index is 2.83. The van der Waals surface area contributed by atoms with Crippen LogP contribution in [-0.4, -0.2) is 12.3 Å². The molecule has 0 spiro atoms. The molecule has 1 unspecified atom stereocenters. The molecule has 0 rings (SSSR count). The molecule has 0 fully saturated rings. The Morgan fingerprint density at radius 3 is 1.50 bits per heavy atom. The zero-order chi connectivity index (χ0) is 11.9. The van der Waals surface area contributed by atoms with E-state index in [1.165, 1.54) is 91.5 Å². The van der Waals surface area contributed by atoms with Gasteiger partial charge in [-0.2, -0.15) is 0 Å². The van der Waals surface area contributed by atoms with Gasteiger partial charge in [0.25, 0.3) is 0 Å². The summed E-state index contributed by atoms with van der Waals surface area (Å²) in [5.41, 5.74) is 0. The number of hydrogen-bond donors (Lipinski definition) is 0. The molecule has 0 heterocycles. The maximum absolute atomic E-state index is 2.29. The highest BCUT2D eigenvalue weighted by Crippen LogP contribution is 2.16. The molecule has 0 radical (unpaired) electrons. The number of hydrogen-bond acceptors (Lipinski definition) is 0. The molecule has 1 atom stereocenters. The van der Waals surface area contributed by atoms with E-state index in [2.05, 4.69) is 13.8 Å². The zero-order valence-electron chi connectivity index (χ0n) is 11.7. The fourth-order valence-corrected chi connectivity index (χ4v) is 3.34. The van der Waals surface area contributed by atoms with Crippen LogP contribution in [0.5, 0.6) is 0 Å². The maximum Gasteiger partial charge on any atom is -0.0353 e. The summed E-state index contributed by atoms with van der Waals surface area (Å²) in [5.74, 6) is 0. The van der Waals surface area contributed by atoms with Crippen LogP contribution in [0.1, 0.15) is 84.5 Å². The van der Waals surface area contributed by atoms with Gasteiger partial charge in [0.2, 0.25) is 0 Å². The second-order valence-electron chi connectivity index (χ2n) is 4.93. The van der Waals surface area contributed by atoms with Gasteiger partial charge in [-0.1, -0.05) is 71.6 Å². The summed E-state index contributed by atoms with van der Waals surface area (Å²) in [6.07, 6.45) is 19.1. The first kappa shape index (κ1) is 16.4. The lowest BCUT2D eigenvalue weighted by Crippen LogP contribution is -1.84. The summed E-state index contributed by atoms with van der Waals surface area (Å²) >= 11 is 0. The summed E-state index contributed by atoms with van der Waals surface area (Å²) in [4.78, 5) is 0. The molecule has 0 aromatic rings. The third-order valence-electron chi connectivity index (χ3n) is 3.16. The van der Waals surface area contributed by atoms with Crippen molar-refractivity contribution in [2.24, 2.45) is 0 Å². The van der Waals surface area contributed by atoms with Crippen molar-refractivity contribution in [2.45, 2.75) is 84.5 Å². The van der Waals surface area contributed by atoms with Crippen LogP contribution in [0.2, 0.25) is 0 Å². The van der Waals surface area contributed by atoms with Crippen molar-refractivity contribution in [2.75, 3.05) is 12.3 Å². The molecule has 16 heavy (non-hydrogen) atoms. The highest BCUT2D eigenvalue weighted by atomic mass is 31.1. The number of rotatable bonds is 13. The van der Waals surface area contributed by atoms with Crippen molar-refractivity contribution < 1.29 is 0 Å². The van der Waals surface area contributed by atoms with Crippen molar-refractivity contribution >= 4 is 8.58 Å². The molecule has 0 saturated carbocycles. The van der Waals surface area contributed by atoms with Crippen molar-refractivity contribution in [3.8, 4) is 0 Å². The zero-order valence-corrected chi connectivity index (χ0v) is 12.7. The predicted molar refractivity (Wildman–Crippen MR) is 80.2 cm³/mol. The van der Waals surface area contributed by atoms with E-state index in [1.54, 1.807) is 0 Å². The first-order valence-electron chi connectivity index (χ1n) is 7.62. The topological polar surface area (TPSA) is 0 Å². The average molecular weight is 244 g/mol. The predicted octanol–water partition coefficient (Wildman–Crippen LogP) is 6.00. The van der Waals surface area contributed by atoms with E-state index in [4.69, 9.17) is 0 Å². The lowest BCUT2D eigenvalue weighted by Gasteiger charge is -2.02. The van der Waals surface area contributed by atoms with Gasteiger partial charge in [0.05, 0.1) is 0 Å². The minimum atomic E-state index is 1.25. The Morgan fingerprint density at radius 1 is 0.500 bits per heavy atom. The van der Waals surface area contributed by atoms with Crippen LogP contribution in [0, 0.1) is 0 Å². The Kier molecular flexibility index (Phi) is 15.8. The third-order valence-corrected chi connectivity index (χ3v) is 4.58. The molecular formula is C15H33P. The summed E-state index contributed by atoms with van der Waals surface area (Å²) in [5, 5.41) is 0. The maximum atomic E-state index is 2.29. The summed E-state index contributed by atoms with van der Waals surface area (Å²) < 4.78 is 0. The SMILES string of the molecule is CCCCCCCCCCCPCCCC. The summed E-state index contributed by atoms with van der Waals surface area (Å²) in [6, 6.07) is 0. The van der Waals surface area contributed by atoms with Gasteiger partial charge in [0, 0.05) is 0 Å². The van der Waals surface area contributed by atoms with Gasteiger partial charge in [-0.25, -0.2) is 0 Å². The smallest absolute Gasteiger partial charge is 0.0353 e. The van der Waals surface area contributed by atoms with E-state index in [1.807, 2.05) is 0 Å². The van der Waals surface area contributed by atoms with E-state index in [0.29, 0.717) is 0 Å². The molecular weight excluding hydrogens is 211 g/mol. The van der Waals surface area contributed by atoms with Crippen LogP contribution < -0.4 is 0 Å².